The Balaban J connectivity index is 1.37. The molecule has 4 aromatic carbocycles. The molecule has 0 saturated carbocycles. The van der Waals surface area contributed by atoms with Gasteiger partial charge in [-0.2, -0.15) is 0 Å². The summed E-state index contributed by atoms with van der Waals surface area (Å²) in [6, 6.07) is 26.1. The molecule has 2 aromatic heterocycles. The summed E-state index contributed by atoms with van der Waals surface area (Å²) < 4.78 is 0. The van der Waals surface area contributed by atoms with E-state index >= 15 is 0 Å². The van der Waals surface area contributed by atoms with E-state index < -0.39 is 0 Å². The van der Waals surface area contributed by atoms with Crippen LogP contribution in [0.1, 0.15) is 11.1 Å². The number of benzene rings is 4. The maximum absolute atomic E-state index is 11.1. The molecular weight excluding hydrogens is 426 g/mol. The van der Waals surface area contributed by atoms with Crippen molar-refractivity contribution in [2.24, 2.45) is 0 Å². The molecule has 6 rings (SSSR count). The van der Waals surface area contributed by atoms with Crippen molar-refractivity contribution >= 4 is 22.1 Å². The number of phenols is 2. The Kier molecular flexibility index (Phi) is 4.66. The molecule has 6 aromatic rings. The van der Waals surface area contributed by atoms with Crippen LogP contribution in [0.5, 0.6) is 11.5 Å². The van der Waals surface area contributed by atoms with Crippen LogP contribution in [0.15, 0.2) is 91.1 Å². The van der Waals surface area contributed by atoms with E-state index in [0.29, 0.717) is 34.5 Å². The Hall–Kier alpha value is -4.78. The van der Waals surface area contributed by atoms with E-state index in [2.05, 4.69) is 20.2 Å². The third-order valence-electron chi connectivity index (χ3n) is 5.83. The molecule has 0 fully saturated rings. The molecule has 164 valence electrons. The molecule has 2 heterocycles. The minimum Gasteiger partial charge on any atom is -0.507 e. The van der Waals surface area contributed by atoms with E-state index in [4.69, 9.17) is 0 Å². The van der Waals surface area contributed by atoms with E-state index in [1.54, 1.807) is 12.3 Å². The van der Waals surface area contributed by atoms with Crippen LogP contribution in [-0.4, -0.2) is 35.2 Å². The van der Waals surface area contributed by atoms with Crippen molar-refractivity contribution in [1.29, 1.82) is 0 Å². The molecule has 0 aliphatic rings. The number of rotatable bonds is 4. The van der Waals surface area contributed by atoms with Gasteiger partial charge in [-0.15, -0.1) is 15.0 Å². The third-order valence-corrected chi connectivity index (χ3v) is 5.83. The number of para-hydroxylation sites is 4. The summed E-state index contributed by atoms with van der Waals surface area (Å²) in [5, 5.41) is 31.0. The average Bonchev–Trinajstić information content (AvgIpc) is 3.30. The highest BCUT2D eigenvalue weighted by molar-refractivity contribution is 5.79. The van der Waals surface area contributed by atoms with E-state index in [-0.39, 0.29) is 11.5 Å². The molecule has 0 amide bonds. The molecule has 0 spiro atoms. The minimum atomic E-state index is 0.0677. The Morgan fingerprint density at radius 2 is 1.24 bits per heavy atom. The number of hydrogen-bond acceptors (Lipinski definition) is 6. The molecule has 34 heavy (non-hydrogen) atoms. The van der Waals surface area contributed by atoms with Crippen LogP contribution in [-0.2, 0) is 6.42 Å². The Bertz CT molecular complexity index is 1640. The highest BCUT2D eigenvalue weighted by atomic mass is 16.3. The molecule has 0 radical (unpaired) electrons. The van der Waals surface area contributed by atoms with Gasteiger partial charge in [-0.05, 0) is 42.0 Å². The molecule has 0 bridgehead atoms. The van der Waals surface area contributed by atoms with Crippen molar-refractivity contribution in [1.82, 2.24) is 25.0 Å². The van der Waals surface area contributed by atoms with Gasteiger partial charge in [0.2, 0.25) is 0 Å². The van der Waals surface area contributed by atoms with Crippen LogP contribution in [0.3, 0.4) is 0 Å². The summed E-state index contributed by atoms with van der Waals surface area (Å²) >= 11 is 0. The summed E-state index contributed by atoms with van der Waals surface area (Å²) in [5.41, 5.74) is 6.01. The van der Waals surface area contributed by atoms with Crippen molar-refractivity contribution < 1.29 is 10.2 Å². The van der Waals surface area contributed by atoms with Crippen LogP contribution in [0.2, 0.25) is 0 Å². The monoisotopic (exact) mass is 445 g/mol. The van der Waals surface area contributed by atoms with E-state index in [1.165, 1.54) is 4.80 Å². The lowest BCUT2D eigenvalue weighted by atomic mass is 9.99. The molecule has 7 nitrogen and oxygen atoms in total. The molecule has 0 aliphatic carbocycles. The highest BCUT2D eigenvalue weighted by Crippen LogP contribution is 2.35. The van der Waals surface area contributed by atoms with Gasteiger partial charge in [0.15, 0.2) is 0 Å². The molecular formula is C27H19N5O2. The molecule has 0 saturated heterocycles. The van der Waals surface area contributed by atoms with Gasteiger partial charge in [0.05, 0.1) is 22.9 Å². The second kappa shape index (κ2) is 7.97. The quantitative estimate of drug-likeness (QED) is 0.395. The Morgan fingerprint density at radius 3 is 1.97 bits per heavy atom. The third kappa shape index (κ3) is 3.40. The minimum absolute atomic E-state index is 0.0677. The molecule has 2 N–H and O–H groups in total. The number of aromatic nitrogens is 5. The lowest BCUT2D eigenvalue weighted by molar-refractivity contribution is 0.458. The first kappa shape index (κ1) is 19.9. The largest absolute Gasteiger partial charge is 0.507 e. The zero-order valence-electron chi connectivity index (χ0n) is 18.0. The second-order valence-corrected chi connectivity index (χ2v) is 8.00. The molecule has 0 unspecified atom stereocenters. The van der Waals surface area contributed by atoms with Crippen LogP contribution in [0, 0.1) is 0 Å². The standard InChI is InChI=1S/C27H19N5O2/c33-26-17(7-5-9-19(26)24-16-28-20-10-1-2-11-21(20)29-24)15-18-8-6-14-25(27(18)34)32-30-22-12-3-4-13-23(22)31-32/h1-14,16,33-34H,15H2. The van der Waals surface area contributed by atoms with Gasteiger partial charge >= 0.3 is 0 Å². The summed E-state index contributed by atoms with van der Waals surface area (Å²) in [7, 11) is 0. The fraction of sp³-hybridized carbons (Fsp3) is 0.0370. The topological polar surface area (TPSA) is 97.0 Å². The summed E-state index contributed by atoms with van der Waals surface area (Å²) in [4.78, 5) is 10.5. The van der Waals surface area contributed by atoms with Gasteiger partial charge in [0.1, 0.15) is 28.2 Å². The highest BCUT2D eigenvalue weighted by Gasteiger charge is 2.16. The molecule has 7 heteroatoms. The predicted octanol–water partition coefficient (Wildman–Crippen LogP) is 5.03. The van der Waals surface area contributed by atoms with Crippen molar-refractivity contribution in [3.05, 3.63) is 102 Å². The fourth-order valence-electron chi connectivity index (χ4n) is 4.08. The summed E-state index contributed by atoms with van der Waals surface area (Å²) in [6.45, 7) is 0. The molecule has 0 atom stereocenters. The van der Waals surface area contributed by atoms with Crippen LogP contribution >= 0.6 is 0 Å². The normalized spacial score (nSPS) is 11.3. The predicted molar refractivity (Wildman–Crippen MR) is 130 cm³/mol. The van der Waals surface area contributed by atoms with Gasteiger partial charge in [-0.25, -0.2) is 4.98 Å². The first-order valence-corrected chi connectivity index (χ1v) is 10.8. The number of hydrogen-bond donors (Lipinski definition) is 2. The zero-order chi connectivity index (χ0) is 23.1. The van der Waals surface area contributed by atoms with Crippen molar-refractivity contribution in [3.8, 4) is 28.4 Å². The Morgan fingerprint density at radius 1 is 0.618 bits per heavy atom. The first-order valence-electron chi connectivity index (χ1n) is 10.8. The fourth-order valence-corrected chi connectivity index (χ4v) is 4.08. The van der Waals surface area contributed by atoms with Crippen LogP contribution < -0.4 is 0 Å². The lowest BCUT2D eigenvalue weighted by Crippen LogP contribution is -2.01. The van der Waals surface area contributed by atoms with Gasteiger partial charge in [0, 0.05) is 17.5 Å². The van der Waals surface area contributed by atoms with Crippen molar-refractivity contribution in [3.63, 3.8) is 0 Å². The molecule has 0 aliphatic heterocycles. The van der Waals surface area contributed by atoms with E-state index in [1.807, 2.05) is 78.9 Å². The number of phenolic OH excluding ortho intramolecular Hbond substituents is 2. The lowest BCUT2D eigenvalue weighted by Gasteiger charge is -2.12. The Labute approximate surface area is 194 Å². The maximum Gasteiger partial charge on any atom is 0.146 e. The van der Waals surface area contributed by atoms with Gasteiger partial charge in [0.25, 0.3) is 0 Å². The van der Waals surface area contributed by atoms with Crippen LogP contribution in [0.4, 0.5) is 0 Å². The number of aromatic hydroxyl groups is 2. The van der Waals surface area contributed by atoms with Gasteiger partial charge < -0.3 is 10.2 Å². The summed E-state index contributed by atoms with van der Waals surface area (Å²) in [6.07, 6.45) is 1.98. The van der Waals surface area contributed by atoms with Gasteiger partial charge in [-0.1, -0.05) is 48.5 Å². The summed E-state index contributed by atoms with van der Waals surface area (Å²) in [5.74, 6) is 0.179. The van der Waals surface area contributed by atoms with Crippen LogP contribution in [0.25, 0.3) is 39.0 Å². The van der Waals surface area contributed by atoms with Crippen molar-refractivity contribution in [2.45, 2.75) is 6.42 Å². The average molecular weight is 445 g/mol. The van der Waals surface area contributed by atoms with Gasteiger partial charge in [-0.3, -0.25) is 4.98 Å². The number of nitrogens with zero attached hydrogens (tertiary/aromatic N) is 5. The second-order valence-electron chi connectivity index (χ2n) is 8.00. The smallest absolute Gasteiger partial charge is 0.146 e. The first-order chi connectivity index (χ1) is 16.7. The maximum atomic E-state index is 11.1. The zero-order valence-corrected chi connectivity index (χ0v) is 18.0. The van der Waals surface area contributed by atoms with Crippen molar-refractivity contribution in [2.75, 3.05) is 0 Å². The van der Waals surface area contributed by atoms with E-state index in [0.717, 1.165) is 22.1 Å². The SMILES string of the molecule is Oc1c(Cc2cccc(-n3nc4ccccc4n3)c2O)cccc1-c1cnc2ccccc2n1. The number of fused-ring (bicyclic) bond motifs is 2. The van der Waals surface area contributed by atoms with E-state index in [9.17, 15) is 10.2 Å².